The van der Waals surface area contributed by atoms with Gasteiger partial charge in [0.1, 0.15) is 16.5 Å². The number of benzene rings is 1. The standard InChI is InChI=1S/C16H12FN5S/c1-2-22-13-7-10(17)3-4-11(13)21-15(22)14-9-20-16(23-14)12-8-18-5-6-19-12/h3-9H,2H2,1H3. The molecule has 0 atom stereocenters. The molecule has 0 unspecified atom stereocenters. The topological polar surface area (TPSA) is 56.5 Å². The third kappa shape index (κ3) is 2.39. The molecule has 5 nitrogen and oxygen atoms in total. The van der Waals surface area contributed by atoms with Crippen molar-refractivity contribution >= 4 is 22.4 Å². The van der Waals surface area contributed by atoms with Crippen LogP contribution in [0.3, 0.4) is 0 Å². The van der Waals surface area contributed by atoms with E-state index < -0.39 is 0 Å². The Balaban J connectivity index is 1.85. The minimum atomic E-state index is -0.261. The summed E-state index contributed by atoms with van der Waals surface area (Å²) < 4.78 is 15.5. The average Bonchev–Trinajstić information content (AvgIpc) is 3.19. The highest BCUT2D eigenvalue weighted by Crippen LogP contribution is 2.32. The molecular formula is C16H12FN5S. The molecule has 0 spiro atoms. The number of imidazole rings is 1. The van der Waals surface area contributed by atoms with Gasteiger partial charge in [0.25, 0.3) is 0 Å². The zero-order valence-electron chi connectivity index (χ0n) is 12.3. The molecule has 3 heterocycles. The second-order valence-electron chi connectivity index (χ2n) is 4.93. The summed E-state index contributed by atoms with van der Waals surface area (Å²) in [7, 11) is 0. The number of hydrogen-bond acceptors (Lipinski definition) is 5. The Labute approximate surface area is 135 Å². The van der Waals surface area contributed by atoms with Crippen LogP contribution in [0.25, 0.3) is 32.4 Å². The van der Waals surface area contributed by atoms with Gasteiger partial charge in [-0.15, -0.1) is 11.3 Å². The molecule has 1 aromatic carbocycles. The van der Waals surface area contributed by atoms with Gasteiger partial charge in [0.15, 0.2) is 5.82 Å². The van der Waals surface area contributed by atoms with Gasteiger partial charge in [-0.3, -0.25) is 9.97 Å². The van der Waals surface area contributed by atoms with Crippen LogP contribution in [-0.2, 0) is 6.54 Å². The van der Waals surface area contributed by atoms with E-state index in [1.807, 2.05) is 11.5 Å². The first-order chi connectivity index (χ1) is 11.3. The highest BCUT2D eigenvalue weighted by molar-refractivity contribution is 7.18. The van der Waals surface area contributed by atoms with E-state index in [1.54, 1.807) is 30.9 Å². The molecule has 4 rings (SSSR count). The van der Waals surface area contributed by atoms with Crippen LogP contribution in [0.15, 0.2) is 43.0 Å². The maximum atomic E-state index is 13.5. The Hall–Kier alpha value is -2.67. The highest BCUT2D eigenvalue weighted by atomic mass is 32.1. The first-order valence-corrected chi connectivity index (χ1v) is 7.96. The fraction of sp³-hybridized carbons (Fsp3) is 0.125. The van der Waals surface area contributed by atoms with Crippen molar-refractivity contribution in [2.75, 3.05) is 0 Å². The van der Waals surface area contributed by atoms with Crippen LogP contribution >= 0.6 is 11.3 Å². The Morgan fingerprint density at radius 2 is 2.09 bits per heavy atom. The van der Waals surface area contributed by atoms with Gasteiger partial charge in [0.2, 0.25) is 0 Å². The fourth-order valence-electron chi connectivity index (χ4n) is 2.51. The first kappa shape index (κ1) is 14.0. The number of nitrogens with zero attached hydrogens (tertiary/aromatic N) is 5. The number of thiazole rings is 1. The molecule has 4 aromatic rings. The van der Waals surface area contributed by atoms with Gasteiger partial charge in [-0.1, -0.05) is 0 Å². The predicted molar refractivity (Wildman–Crippen MR) is 87.5 cm³/mol. The fourth-order valence-corrected chi connectivity index (χ4v) is 3.39. The number of rotatable bonds is 3. The zero-order valence-corrected chi connectivity index (χ0v) is 13.1. The lowest BCUT2D eigenvalue weighted by Gasteiger charge is -2.03. The lowest BCUT2D eigenvalue weighted by atomic mass is 10.3. The van der Waals surface area contributed by atoms with Crippen LogP contribution in [0.1, 0.15) is 6.92 Å². The van der Waals surface area contributed by atoms with E-state index in [0.717, 1.165) is 32.4 Å². The van der Waals surface area contributed by atoms with Crippen LogP contribution in [0.4, 0.5) is 4.39 Å². The van der Waals surface area contributed by atoms with Crippen LogP contribution in [0.5, 0.6) is 0 Å². The third-order valence-electron chi connectivity index (χ3n) is 3.53. The van der Waals surface area contributed by atoms with E-state index in [4.69, 9.17) is 0 Å². The summed E-state index contributed by atoms with van der Waals surface area (Å²) in [6.45, 7) is 2.72. The molecule has 0 N–H and O–H groups in total. The van der Waals surface area contributed by atoms with Crippen molar-refractivity contribution in [3.8, 4) is 21.4 Å². The van der Waals surface area contributed by atoms with Crippen molar-refractivity contribution in [2.24, 2.45) is 0 Å². The van der Waals surface area contributed by atoms with Gasteiger partial charge < -0.3 is 4.57 Å². The van der Waals surface area contributed by atoms with Crippen molar-refractivity contribution in [2.45, 2.75) is 13.5 Å². The molecule has 0 aliphatic rings. The summed E-state index contributed by atoms with van der Waals surface area (Å²) in [5, 5.41) is 0.786. The molecule has 0 aliphatic heterocycles. The number of fused-ring (bicyclic) bond motifs is 1. The molecule has 0 amide bonds. The summed E-state index contributed by atoms with van der Waals surface area (Å²) >= 11 is 1.50. The van der Waals surface area contributed by atoms with Crippen molar-refractivity contribution < 1.29 is 4.39 Å². The zero-order chi connectivity index (χ0) is 15.8. The van der Waals surface area contributed by atoms with E-state index >= 15 is 0 Å². The van der Waals surface area contributed by atoms with Gasteiger partial charge in [0, 0.05) is 25.1 Å². The van der Waals surface area contributed by atoms with E-state index in [0.29, 0.717) is 6.54 Å². The first-order valence-electron chi connectivity index (χ1n) is 7.14. The number of aromatic nitrogens is 5. The minimum absolute atomic E-state index is 0.261. The normalized spacial score (nSPS) is 11.2. The lowest BCUT2D eigenvalue weighted by Crippen LogP contribution is -1.96. The van der Waals surface area contributed by atoms with Gasteiger partial charge in [-0.05, 0) is 25.1 Å². The van der Waals surface area contributed by atoms with Crippen LogP contribution in [-0.4, -0.2) is 24.5 Å². The van der Waals surface area contributed by atoms with Gasteiger partial charge >= 0.3 is 0 Å². The molecule has 0 aliphatic carbocycles. The summed E-state index contributed by atoms with van der Waals surface area (Å²) in [4.78, 5) is 18.3. The number of hydrogen-bond donors (Lipinski definition) is 0. The van der Waals surface area contributed by atoms with E-state index in [9.17, 15) is 4.39 Å². The Morgan fingerprint density at radius 3 is 2.87 bits per heavy atom. The molecule has 7 heteroatoms. The Morgan fingerprint density at radius 1 is 1.17 bits per heavy atom. The molecule has 3 aromatic heterocycles. The lowest BCUT2D eigenvalue weighted by molar-refractivity contribution is 0.628. The summed E-state index contributed by atoms with van der Waals surface area (Å²) in [6.07, 6.45) is 6.72. The molecule has 23 heavy (non-hydrogen) atoms. The third-order valence-corrected chi connectivity index (χ3v) is 4.55. The summed E-state index contributed by atoms with van der Waals surface area (Å²) in [5.74, 6) is 0.531. The van der Waals surface area contributed by atoms with E-state index in [2.05, 4.69) is 19.9 Å². The predicted octanol–water partition coefficient (Wildman–Crippen LogP) is 3.78. The molecule has 0 radical (unpaired) electrons. The van der Waals surface area contributed by atoms with Crippen molar-refractivity contribution in [1.82, 2.24) is 24.5 Å². The van der Waals surface area contributed by atoms with Crippen LogP contribution < -0.4 is 0 Å². The molecule has 0 saturated carbocycles. The van der Waals surface area contributed by atoms with Crippen LogP contribution in [0.2, 0.25) is 0 Å². The molecule has 0 saturated heterocycles. The van der Waals surface area contributed by atoms with Gasteiger partial charge in [-0.2, -0.15) is 0 Å². The smallest absolute Gasteiger partial charge is 0.152 e. The quantitative estimate of drug-likeness (QED) is 0.575. The highest BCUT2D eigenvalue weighted by Gasteiger charge is 2.15. The summed E-state index contributed by atoms with van der Waals surface area (Å²) in [6, 6.07) is 4.64. The summed E-state index contributed by atoms with van der Waals surface area (Å²) in [5.41, 5.74) is 2.30. The Bertz CT molecular complexity index is 977. The molecule has 0 fully saturated rings. The second-order valence-corrected chi connectivity index (χ2v) is 5.96. The van der Waals surface area contributed by atoms with Gasteiger partial charge in [-0.25, -0.2) is 14.4 Å². The monoisotopic (exact) mass is 325 g/mol. The molecule has 114 valence electrons. The average molecular weight is 325 g/mol. The van der Waals surface area contributed by atoms with E-state index in [1.165, 1.54) is 23.5 Å². The van der Waals surface area contributed by atoms with Crippen molar-refractivity contribution in [3.05, 3.63) is 48.8 Å². The van der Waals surface area contributed by atoms with Crippen molar-refractivity contribution in [3.63, 3.8) is 0 Å². The number of aryl methyl sites for hydroxylation is 1. The second kappa shape index (κ2) is 5.51. The maximum absolute atomic E-state index is 13.5. The van der Waals surface area contributed by atoms with Crippen LogP contribution in [0, 0.1) is 5.82 Å². The Kier molecular flexibility index (Phi) is 3.34. The maximum Gasteiger partial charge on any atom is 0.152 e. The number of halogens is 1. The van der Waals surface area contributed by atoms with Gasteiger partial charge in [0.05, 0.1) is 22.1 Å². The van der Waals surface area contributed by atoms with Crippen molar-refractivity contribution in [1.29, 1.82) is 0 Å². The molecule has 0 bridgehead atoms. The minimum Gasteiger partial charge on any atom is -0.323 e. The SMILES string of the molecule is CCn1c(-c2cnc(-c3cnccn3)s2)nc2ccc(F)cc21. The largest absolute Gasteiger partial charge is 0.323 e. The van der Waals surface area contributed by atoms with E-state index in [-0.39, 0.29) is 5.82 Å². The molecular weight excluding hydrogens is 313 g/mol.